The highest BCUT2D eigenvalue weighted by Crippen LogP contribution is 2.17. The summed E-state index contributed by atoms with van der Waals surface area (Å²) in [6.45, 7) is 4.73. The van der Waals surface area contributed by atoms with E-state index in [9.17, 15) is 4.79 Å². The minimum atomic E-state index is 0.134. The Balaban J connectivity index is 2.13. The van der Waals surface area contributed by atoms with E-state index in [-0.39, 0.29) is 5.91 Å². The second kappa shape index (κ2) is 7.95. The minimum absolute atomic E-state index is 0.134. The van der Waals surface area contributed by atoms with Crippen molar-refractivity contribution in [3.63, 3.8) is 0 Å². The average molecular weight is 254 g/mol. The van der Waals surface area contributed by atoms with Gasteiger partial charge in [0.05, 0.1) is 0 Å². The van der Waals surface area contributed by atoms with Gasteiger partial charge in [-0.2, -0.15) is 0 Å². The van der Waals surface area contributed by atoms with Gasteiger partial charge in [-0.1, -0.05) is 12.8 Å². The van der Waals surface area contributed by atoms with Crippen LogP contribution in [0.4, 0.5) is 0 Å². The molecule has 0 aromatic carbocycles. The smallest absolute Gasteiger partial charge is 0.221 e. The molecule has 1 saturated carbocycles. The van der Waals surface area contributed by atoms with Crippen molar-refractivity contribution in [1.29, 1.82) is 0 Å². The molecule has 18 heavy (non-hydrogen) atoms. The van der Waals surface area contributed by atoms with Gasteiger partial charge in [0.15, 0.2) is 5.96 Å². The first-order valence-electron chi connectivity index (χ1n) is 6.88. The Hall–Kier alpha value is -1.26. The molecule has 0 radical (unpaired) electrons. The van der Waals surface area contributed by atoms with Crippen LogP contribution in [0.1, 0.15) is 46.0 Å². The van der Waals surface area contributed by atoms with Crippen LogP contribution in [0, 0.1) is 0 Å². The fraction of sp³-hybridized carbons (Fsp3) is 0.846. The lowest BCUT2D eigenvalue weighted by molar-refractivity contribution is -0.121. The maximum Gasteiger partial charge on any atom is 0.221 e. The molecule has 1 amide bonds. The third-order valence-corrected chi connectivity index (χ3v) is 3.01. The van der Waals surface area contributed by atoms with Gasteiger partial charge < -0.3 is 16.0 Å². The summed E-state index contributed by atoms with van der Waals surface area (Å²) in [4.78, 5) is 15.8. The number of nitrogens with zero attached hydrogens (tertiary/aromatic N) is 1. The van der Waals surface area contributed by atoms with E-state index in [0.717, 1.165) is 18.8 Å². The third-order valence-electron chi connectivity index (χ3n) is 3.01. The summed E-state index contributed by atoms with van der Waals surface area (Å²) >= 11 is 0. The fourth-order valence-corrected chi connectivity index (χ4v) is 2.13. The molecule has 104 valence electrons. The van der Waals surface area contributed by atoms with Gasteiger partial charge in [-0.15, -0.1) is 0 Å². The fourth-order valence-electron chi connectivity index (χ4n) is 2.13. The molecule has 0 saturated heterocycles. The van der Waals surface area contributed by atoms with Crippen molar-refractivity contribution in [1.82, 2.24) is 16.0 Å². The van der Waals surface area contributed by atoms with E-state index in [1.165, 1.54) is 12.8 Å². The Bertz CT molecular complexity index is 283. The van der Waals surface area contributed by atoms with Crippen molar-refractivity contribution in [2.24, 2.45) is 4.99 Å². The van der Waals surface area contributed by atoms with E-state index in [1.807, 2.05) is 0 Å². The zero-order valence-electron chi connectivity index (χ0n) is 11.8. The van der Waals surface area contributed by atoms with E-state index >= 15 is 0 Å². The molecule has 0 heterocycles. The first kappa shape index (κ1) is 14.8. The molecule has 0 aromatic rings. The number of hydrogen-bond donors (Lipinski definition) is 3. The van der Waals surface area contributed by atoms with Crippen LogP contribution in [0.3, 0.4) is 0 Å². The van der Waals surface area contributed by atoms with E-state index in [4.69, 9.17) is 0 Å². The Labute approximate surface area is 110 Å². The first-order valence-corrected chi connectivity index (χ1v) is 6.88. The number of guanidine groups is 1. The van der Waals surface area contributed by atoms with E-state index in [1.54, 1.807) is 7.05 Å². The standard InChI is InChI=1S/C13H26N4O/c1-10(2)16-13(14-3)15-9-8-12(18)17-11-6-4-5-7-11/h10-11H,4-9H2,1-3H3,(H,17,18)(H2,14,15,16). The summed E-state index contributed by atoms with van der Waals surface area (Å²) in [5, 5.41) is 9.39. The van der Waals surface area contributed by atoms with Crippen molar-refractivity contribution in [2.75, 3.05) is 13.6 Å². The predicted octanol–water partition coefficient (Wildman–Crippen LogP) is 1.01. The topological polar surface area (TPSA) is 65.5 Å². The number of carbonyl (C=O) groups is 1. The van der Waals surface area contributed by atoms with Crippen molar-refractivity contribution in [3.8, 4) is 0 Å². The lowest BCUT2D eigenvalue weighted by Gasteiger charge is -2.15. The van der Waals surface area contributed by atoms with Crippen LogP contribution >= 0.6 is 0 Å². The van der Waals surface area contributed by atoms with Crippen LogP contribution in [0.25, 0.3) is 0 Å². The molecule has 0 aromatic heterocycles. The Morgan fingerprint density at radius 2 is 2.00 bits per heavy atom. The normalized spacial score (nSPS) is 17.0. The molecule has 0 aliphatic heterocycles. The summed E-state index contributed by atoms with van der Waals surface area (Å²) in [6.07, 6.45) is 5.25. The van der Waals surface area contributed by atoms with Gasteiger partial charge in [0.2, 0.25) is 5.91 Å². The zero-order valence-corrected chi connectivity index (χ0v) is 11.8. The second-order valence-corrected chi connectivity index (χ2v) is 5.10. The number of nitrogens with one attached hydrogen (secondary N) is 3. The van der Waals surface area contributed by atoms with Gasteiger partial charge >= 0.3 is 0 Å². The van der Waals surface area contributed by atoms with Crippen LogP contribution in [-0.4, -0.2) is 37.5 Å². The van der Waals surface area contributed by atoms with Gasteiger partial charge in [0.1, 0.15) is 0 Å². The van der Waals surface area contributed by atoms with Crippen molar-refractivity contribution in [3.05, 3.63) is 0 Å². The van der Waals surface area contributed by atoms with Crippen LogP contribution in [0.15, 0.2) is 4.99 Å². The summed E-state index contributed by atoms with van der Waals surface area (Å²) in [7, 11) is 1.73. The van der Waals surface area contributed by atoms with E-state index in [0.29, 0.717) is 25.0 Å². The molecular weight excluding hydrogens is 228 g/mol. The molecule has 0 atom stereocenters. The Morgan fingerprint density at radius 3 is 2.56 bits per heavy atom. The monoisotopic (exact) mass is 254 g/mol. The third kappa shape index (κ3) is 5.89. The molecule has 1 aliphatic carbocycles. The van der Waals surface area contributed by atoms with Crippen molar-refractivity contribution >= 4 is 11.9 Å². The quantitative estimate of drug-likeness (QED) is 0.507. The summed E-state index contributed by atoms with van der Waals surface area (Å²) < 4.78 is 0. The molecule has 0 spiro atoms. The molecule has 0 unspecified atom stereocenters. The lowest BCUT2D eigenvalue weighted by atomic mass is 10.2. The van der Waals surface area contributed by atoms with Gasteiger partial charge in [0.25, 0.3) is 0 Å². The van der Waals surface area contributed by atoms with Crippen LogP contribution < -0.4 is 16.0 Å². The highest BCUT2D eigenvalue weighted by molar-refractivity contribution is 5.81. The molecular formula is C13H26N4O. The number of hydrogen-bond acceptors (Lipinski definition) is 2. The summed E-state index contributed by atoms with van der Waals surface area (Å²) in [5.41, 5.74) is 0. The van der Waals surface area contributed by atoms with E-state index < -0.39 is 0 Å². The highest BCUT2D eigenvalue weighted by atomic mass is 16.1. The molecule has 1 fully saturated rings. The zero-order chi connectivity index (χ0) is 13.4. The average Bonchev–Trinajstić information content (AvgIpc) is 2.79. The predicted molar refractivity (Wildman–Crippen MR) is 74.6 cm³/mol. The number of aliphatic imine (C=N–C) groups is 1. The van der Waals surface area contributed by atoms with Crippen LogP contribution in [-0.2, 0) is 4.79 Å². The van der Waals surface area contributed by atoms with Crippen LogP contribution in [0.2, 0.25) is 0 Å². The van der Waals surface area contributed by atoms with Gasteiger partial charge in [-0.25, -0.2) is 0 Å². The van der Waals surface area contributed by atoms with Gasteiger partial charge in [-0.3, -0.25) is 9.79 Å². The maximum atomic E-state index is 11.7. The van der Waals surface area contributed by atoms with E-state index in [2.05, 4.69) is 34.8 Å². The number of rotatable bonds is 5. The molecule has 0 bridgehead atoms. The minimum Gasteiger partial charge on any atom is -0.356 e. The second-order valence-electron chi connectivity index (χ2n) is 5.10. The highest BCUT2D eigenvalue weighted by Gasteiger charge is 2.16. The molecule has 5 heteroatoms. The largest absolute Gasteiger partial charge is 0.356 e. The van der Waals surface area contributed by atoms with Crippen molar-refractivity contribution < 1.29 is 4.79 Å². The lowest BCUT2D eigenvalue weighted by Crippen LogP contribution is -2.42. The van der Waals surface area contributed by atoms with Gasteiger partial charge in [0, 0.05) is 32.1 Å². The number of amides is 1. The maximum absolute atomic E-state index is 11.7. The Morgan fingerprint density at radius 1 is 1.33 bits per heavy atom. The summed E-state index contributed by atoms with van der Waals surface area (Å²) in [6, 6.07) is 0.745. The number of carbonyl (C=O) groups excluding carboxylic acids is 1. The first-order chi connectivity index (χ1) is 8.61. The van der Waals surface area contributed by atoms with Crippen molar-refractivity contribution in [2.45, 2.75) is 58.0 Å². The molecule has 3 N–H and O–H groups in total. The van der Waals surface area contributed by atoms with Gasteiger partial charge in [-0.05, 0) is 26.7 Å². The molecule has 1 aliphatic rings. The summed E-state index contributed by atoms with van der Waals surface area (Å²) in [5.74, 6) is 0.882. The van der Waals surface area contributed by atoms with Crippen LogP contribution in [0.5, 0.6) is 0 Å². The molecule has 1 rings (SSSR count). The molecule has 5 nitrogen and oxygen atoms in total. The Kier molecular flexibility index (Phi) is 6.54. The SMILES string of the molecule is CN=C(NCCC(=O)NC1CCCC1)NC(C)C.